The summed E-state index contributed by atoms with van der Waals surface area (Å²) in [6.45, 7) is 4.41. The molecule has 0 spiro atoms. The first kappa shape index (κ1) is 20.5. The van der Waals surface area contributed by atoms with E-state index in [1.165, 1.54) is 12.1 Å². The highest BCUT2D eigenvalue weighted by atomic mass is 19.1. The molecule has 3 aromatic carbocycles. The summed E-state index contributed by atoms with van der Waals surface area (Å²) < 4.78 is 27.4. The molecule has 0 atom stereocenters. The number of fused-ring (bicyclic) bond motifs is 2. The molecule has 160 valence electrons. The lowest BCUT2D eigenvalue weighted by atomic mass is 10.0. The molecule has 4 aromatic rings. The van der Waals surface area contributed by atoms with Crippen molar-refractivity contribution in [1.29, 1.82) is 0 Å². The van der Waals surface area contributed by atoms with Crippen LogP contribution >= 0.6 is 0 Å². The van der Waals surface area contributed by atoms with Crippen LogP contribution in [0, 0.1) is 5.82 Å². The molecule has 0 fully saturated rings. The van der Waals surface area contributed by atoms with Crippen LogP contribution in [0.2, 0.25) is 0 Å². The number of benzene rings is 3. The summed E-state index contributed by atoms with van der Waals surface area (Å²) >= 11 is 0. The second-order valence-electron chi connectivity index (χ2n) is 7.06. The van der Waals surface area contributed by atoms with Crippen molar-refractivity contribution in [2.24, 2.45) is 0 Å². The number of nitrogens with zero attached hydrogens (tertiary/aromatic N) is 1. The summed E-state index contributed by atoms with van der Waals surface area (Å²) in [5.74, 6) is -0.481. The molecule has 0 amide bonds. The summed E-state index contributed by atoms with van der Waals surface area (Å²) in [5, 5.41) is 22.4. The fraction of sp³-hybridized carbons (Fsp3) is 0.208. The molecule has 1 heterocycles. The van der Waals surface area contributed by atoms with Crippen LogP contribution in [0.3, 0.4) is 0 Å². The number of hydrogen-bond donors (Lipinski definition) is 2. The fourth-order valence-corrected chi connectivity index (χ4v) is 3.81. The van der Waals surface area contributed by atoms with Gasteiger partial charge in [-0.2, -0.15) is 0 Å². The molecule has 0 aliphatic heterocycles. The predicted molar refractivity (Wildman–Crippen MR) is 116 cm³/mol. The maximum absolute atomic E-state index is 14.1. The first-order valence-electron chi connectivity index (χ1n) is 10.0. The molecule has 7 heteroatoms. The van der Waals surface area contributed by atoms with E-state index in [0.29, 0.717) is 57.5 Å². The molecule has 6 nitrogen and oxygen atoms in total. The minimum Gasteiger partial charge on any atom is -0.494 e. The van der Waals surface area contributed by atoms with E-state index in [1.54, 1.807) is 41.1 Å². The van der Waals surface area contributed by atoms with E-state index in [2.05, 4.69) is 0 Å². The Morgan fingerprint density at radius 1 is 0.968 bits per heavy atom. The summed E-state index contributed by atoms with van der Waals surface area (Å²) in [5.41, 5.74) is 1.29. The van der Waals surface area contributed by atoms with Crippen molar-refractivity contribution in [2.75, 3.05) is 13.2 Å². The molecule has 0 unspecified atom stereocenters. The third kappa shape index (κ3) is 3.63. The Labute approximate surface area is 178 Å². The van der Waals surface area contributed by atoms with Crippen LogP contribution < -0.4 is 9.47 Å². The summed E-state index contributed by atoms with van der Waals surface area (Å²) in [6, 6.07) is 11.3. The molecule has 31 heavy (non-hydrogen) atoms. The van der Waals surface area contributed by atoms with Gasteiger partial charge in [-0.15, -0.1) is 0 Å². The zero-order valence-electron chi connectivity index (χ0n) is 17.2. The second kappa shape index (κ2) is 8.18. The Balaban J connectivity index is 2.00. The average molecular weight is 423 g/mol. The zero-order chi connectivity index (χ0) is 22.1. The fourth-order valence-electron chi connectivity index (χ4n) is 3.81. The Kier molecular flexibility index (Phi) is 5.42. The number of carboxylic acid groups (broad SMARTS) is 1. The predicted octanol–water partition coefficient (Wildman–Crippen LogP) is 5.05. The van der Waals surface area contributed by atoms with Gasteiger partial charge in [0.2, 0.25) is 5.88 Å². The van der Waals surface area contributed by atoms with Crippen molar-refractivity contribution >= 4 is 27.5 Å². The minimum atomic E-state index is -0.913. The van der Waals surface area contributed by atoms with Gasteiger partial charge in [-0.1, -0.05) is 12.1 Å². The Bertz CT molecular complexity index is 1280. The summed E-state index contributed by atoms with van der Waals surface area (Å²) in [4.78, 5) is 10.9. The lowest BCUT2D eigenvalue weighted by molar-refractivity contribution is -0.136. The van der Waals surface area contributed by atoms with Gasteiger partial charge in [-0.25, -0.2) is 4.39 Å². The molecule has 0 aliphatic carbocycles. The smallest absolute Gasteiger partial charge is 0.307 e. The molecule has 0 radical (unpaired) electrons. The molecule has 2 N–H and O–H groups in total. The highest BCUT2D eigenvalue weighted by Gasteiger charge is 2.23. The van der Waals surface area contributed by atoms with Crippen molar-refractivity contribution in [3.05, 3.63) is 60.0 Å². The molecule has 1 aromatic heterocycles. The number of halogens is 1. The molecular weight excluding hydrogens is 401 g/mol. The number of hydrogen-bond acceptors (Lipinski definition) is 4. The van der Waals surface area contributed by atoms with Crippen molar-refractivity contribution in [2.45, 2.75) is 20.3 Å². The van der Waals surface area contributed by atoms with Gasteiger partial charge in [0.05, 0.1) is 30.4 Å². The van der Waals surface area contributed by atoms with Crippen LogP contribution in [0.15, 0.2) is 48.7 Å². The van der Waals surface area contributed by atoms with Crippen LogP contribution in [0.4, 0.5) is 4.39 Å². The van der Waals surface area contributed by atoms with E-state index in [4.69, 9.17) is 14.6 Å². The van der Waals surface area contributed by atoms with Crippen LogP contribution in [-0.4, -0.2) is 34.0 Å². The lowest BCUT2D eigenvalue weighted by Crippen LogP contribution is -2.00. The number of aliphatic carboxylic acids is 1. The SMILES string of the molecule is CCOc1c2ccc(F)cc2c(OCC)c2c(O)n(-c3ccc(CC(=O)O)cc3)cc12. The van der Waals surface area contributed by atoms with Gasteiger partial charge in [0.15, 0.2) is 0 Å². The van der Waals surface area contributed by atoms with Gasteiger partial charge in [0.1, 0.15) is 17.3 Å². The van der Waals surface area contributed by atoms with Crippen molar-refractivity contribution in [3.63, 3.8) is 0 Å². The number of rotatable bonds is 7. The molecule has 0 saturated carbocycles. The van der Waals surface area contributed by atoms with E-state index in [1.807, 2.05) is 13.8 Å². The number of aromatic hydroxyl groups is 1. The average Bonchev–Trinajstić information content (AvgIpc) is 3.08. The van der Waals surface area contributed by atoms with Crippen molar-refractivity contribution < 1.29 is 28.9 Å². The number of carbonyl (C=O) groups is 1. The first-order valence-corrected chi connectivity index (χ1v) is 10.0. The van der Waals surface area contributed by atoms with E-state index >= 15 is 0 Å². The third-order valence-corrected chi connectivity index (χ3v) is 5.07. The highest BCUT2D eigenvalue weighted by Crippen LogP contribution is 2.48. The topological polar surface area (TPSA) is 80.9 Å². The largest absolute Gasteiger partial charge is 0.494 e. The van der Waals surface area contributed by atoms with Crippen LogP contribution in [-0.2, 0) is 11.2 Å². The normalized spacial score (nSPS) is 11.2. The zero-order valence-corrected chi connectivity index (χ0v) is 17.2. The van der Waals surface area contributed by atoms with Gasteiger partial charge >= 0.3 is 5.97 Å². The highest BCUT2D eigenvalue weighted by molar-refractivity contribution is 6.13. The monoisotopic (exact) mass is 423 g/mol. The van der Waals surface area contributed by atoms with Crippen LogP contribution in [0.5, 0.6) is 17.4 Å². The number of carboxylic acids is 1. The van der Waals surface area contributed by atoms with E-state index in [9.17, 15) is 14.3 Å². The van der Waals surface area contributed by atoms with E-state index in [0.717, 1.165) is 0 Å². The van der Waals surface area contributed by atoms with Gasteiger partial charge < -0.3 is 19.7 Å². The molecule has 4 rings (SSSR count). The van der Waals surface area contributed by atoms with Crippen molar-refractivity contribution in [3.8, 4) is 23.1 Å². The third-order valence-electron chi connectivity index (χ3n) is 5.07. The van der Waals surface area contributed by atoms with Crippen molar-refractivity contribution in [1.82, 2.24) is 4.57 Å². The molecule has 0 saturated heterocycles. The van der Waals surface area contributed by atoms with Gasteiger partial charge in [-0.05, 0) is 49.7 Å². The number of aromatic nitrogens is 1. The maximum atomic E-state index is 14.1. The maximum Gasteiger partial charge on any atom is 0.307 e. The van der Waals surface area contributed by atoms with Gasteiger partial charge in [0.25, 0.3) is 0 Å². The summed E-state index contributed by atoms with van der Waals surface area (Å²) in [7, 11) is 0. The van der Waals surface area contributed by atoms with Crippen LogP contribution in [0.1, 0.15) is 19.4 Å². The minimum absolute atomic E-state index is 0.0726. The standard InChI is InChI=1S/C24H22FNO5/c1-3-30-22-17-10-7-15(25)12-18(17)23(31-4-2)21-19(22)13-26(24(21)29)16-8-5-14(6-9-16)11-20(27)28/h5-10,12-13,29H,3-4,11H2,1-2H3,(H,27,28). The first-order chi connectivity index (χ1) is 14.9. The summed E-state index contributed by atoms with van der Waals surface area (Å²) in [6.07, 6.45) is 1.66. The Morgan fingerprint density at radius 2 is 1.65 bits per heavy atom. The Morgan fingerprint density at radius 3 is 2.29 bits per heavy atom. The molecule has 0 aliphatic rings. The lowest BCUT2D eigenvalue weighted by Gasteiger charge is -2.14. The van der Waals surface area contributed by atoms with Gasteiger partial charge in [0, 0.05) is 22.7 Å². The second-order valence-corrected chi connectivity index (χ2v) is 7.06. The Hall–Kier alpha value is -3.74. The quantitative estimate of drug-likeness (QED) is 0.435. The number of ether oxygens (including phenoxy) is 2. The van der Waals surface area contributed by atoms with E-state index < -0.39 is 11.8 Å². The van der Waals surface area contributed by atoms with Gasteiger partial charge in [-0.3, -0.25) is 9.36 Å². The molecular formula is C24H22FNO5. The van der Waals surface area contributed by atoms with Crippen LogP contribution in [0.25, 0.3) is 27.2 Å². The molecule has 0 bridgehead atoms. The van der Waals surface area contributed by atoms with E-state index in [-0.39, 0.29) is 12.3 Å².